The molecule has 0 aromatic carbocycles. The van der Waals surface area contributed by atoms with Gasteiger partial charge in [-0.3, -0.25) is 14.7 Å². The highest BCUT2D eigenvalue weighted by atomic mass is 16.4. The molecule has 1 fully saturated rings. The molecule has 0 bridgehead atoms. The highest BCUT2D eigenvalue weighted by Gasteiger charge is 2.39. The molecule has 2 N–H and O–H groups in total. The topological polar surface area (TPSA) is 82.1 Å². The molecule has 0 amide bonds. The minimum Gasteiger partial charge on any atom is -0.481 e. The Morgan fingerprint density at radius 3 is 2.90 bits per heavy atom. The zero-order valence-electron chi connectivity index (χ0n) is 10.9. The van der Waals surface area contributed by atoms with Crippen molar-refractivity contribution in [1.29, 1.82) is 0 Å². The number of hydrogen-bond acceptors (Lipinski definition) is 4. The van der Waals surface area contributed by atoms with Crippen LogP contribution in [0.15, 0.2) is 36.8 Å². The fourth-order valence-electron chi connectivity index (χ4n) is 2.76. The van der Waals surface area contributed by atoms with E-state index in [1.54, 1.807) is 18.6 Å². The predicted molar refractivity (Wildman–Crippen MR) is 72.0 cm³/mol. The molecule has 6 nitrogen and oxygen atoms in total. The zero-order valence-corrected chi connectivity index (χ0v) is 10.9. The fraction of sp³-hybridized carbons (Fsp3) is 0.357. The van der Waals surface area contributed by atoms with Gasteiger partial charge in [0.1, 0.15) is 5.82 Å². The van der Waals surface area contributed by atoms with Crippen LogP contribution >= 0.6 is 0 Å². The van der Waals surface area contributed by atoms with Crippen molar-refractivity contribution in [3.63, 3.8) is 0 Å². The maximum atomic E-state index is 11.5. The highest BCUT2D eigenvalue weighted by Crippen LogP contribution is 2.32. The molecule has 0 unspecified atom stereocenters. The maximum absolute atomic E-state index is 11.5. The average Bonchev–Trinajstić information content (AvgIpc) is 3.10. The van der Waals surface area contributed by atoms with E-state index >= 15 is 0 Å². The number of hydrogen-bond donors (Lipinski definition) is 2. The number of H-pyrrole nitrogens is 1. The summed E-state index contributed by atoms with van der Waals surface area (Å²) >= 11 is 0. The number of pyridine rings is 1. The monoisotopic (exact) mass is 272 g/mol. The minimum atomic E-state index is -0.761. The first-order valence-electron chi connectivity index (χ1n) is 6.58. The van der Waals surface area contributed by atoms with Gasteiger partial charge in [-0.1, -0.05) is 6.07 Å². The summed E-state index contributed by atoms with van der Waals surface area (Å²) in [5.74, 6) is -0.387. The van der Waals surface area contributed by atoms with Gasteiger partial charge in [0.25, 0.3) is 0 Å². The second-order valence-electron chi connectivity index (χ2n) is 5.04. The smallest absolute Gasteiger partial charge is 0.308 e. The summed E-state index contributed by atoms with van der Waals surface area (Å²) in [5.41, 5.74) is 0.849. The van der Waals surface area contributed by atoms with E-state index in [1.165, 1.54) is 0 Å². The molecule has 1 aliphatic heterocycles. The Bertz CT molecular complexity index is 570. The first kappa shape index (κ1) is 12.8. The van der Waals surface area contributed by atoms with E-state index in [1.807, 2.05) is 18.2 Å². The molecular weight excluding hydrogens is 256 g/mol. The molecule has 0 radical (unpaired) electrons. The number of nitrogens with zero attached hydrogens (tertiary/aromatic N) is 3. The molecule has 3 heterocycles. The van der Waals surface area contributed by atoms with E-state index in [2.05, 4.69) is 19.9 Å². The second kappa shape index (κ2) is 5.42. The van der Waals surface area contributed by atoms with Crippen LogP contribution in [0.2, 0.25) is 0 Å². The van der Waals surface area contributed by atoms with Crippen molar-refractivity contribution < 1.29 is 9.90 Å². The molecule has 104 valence electrons. The van der Waals surface area contributed by atoms with Gasteiger partial charge in [0.2, 0.25) is 0 Å². The van der Waals surface area contributed by atoms with E-state index < -0.39 is 11.9 Å². The Hall–Kier alpha value is -2.21. The number of rotatable bonds is 4. The van der Waals surface area contributed by atoms with Gasteiger partial charge in [0.05, 0.1) is 12.5 Å². The summed E-state index contributed by atoms with van der Waals surface area (Å²) < 4.78 is 0. The van der Waals surface area contributed by atoms with Crippen LogP contribution in [-0.4, -0.2) is 44.0 Å². The van der Waals surface area contributed by atoms with Gasteiger partial charge in [0.15, 0.2) is 0 Å². The van der Waals surface area contributed by atoms with E-state index in [-0.39, 0.29) is 5.92 Å². The average molecular weight is 272 g/mol. The number of carboxylic acid groups (broad SMARTS) is 1. The largest absolute Gasteiger partial charge is 0.481 e. The number of likely N-dealkylation sites (tertiary alicyclic amines) is 1. The lowest BCUT2D eigenvalue weighted by molar-refractivity contribution is -0.141. The van der Waals surface area contributed by atoms with Gasteiger partial charge in [-0.25, -0.2) is 4.98 Å². The molecule has 2 aromatic rings. The van der Waals surface area contributed by atoms with Crippen molar-refractivity contribution in [2.24, 2.45) is 5.92 Å². The Kier molecular flexibility index (Phi) is 3.47. The third kappa shape index (κ3) is 2.55. The van der Waals surface area contributed by atoms with Gasteiger partial charge in [0, 0.05) is 43.3 Å². The molecule has 1 aliphatic rings. The number of aromatic nitrogens is 3. The van der Waals surface area contributed by atoms with Gasteiger partial charge < -0.3 is 10.1 Å². The number of carboxylic acids is 1. The van der Waals surface area contributed by atoms with Crippen molar-refractivity contribution >= 4 is 5.97 Å². The summed E-state index contributed by atoms with van der Waals surface area (Å²) in [5, 5.41) is 9.41. The Balaban J connectivity index is 1.77. The van der Waals surface area contributed by atoms with Crippen LogP contribution in [0.5, 0.6) is 0 Å². The number of aliphatic carboxylic acids is 1. The highest BCUT2D eigenvalue weighted by molar-refractivity contribution is 5.72. The minimum absolute atomic E-state index is 0.0661. The van der Waals surface area contributed by atoms with Crippen LogP contribution in [-0.2, 0) is 11.3 Å². The molecule has 0 aliphatic carbocycles. The molecule has 3 rings (SSSR count). The van der Waals surface area contributed by atoms with Gasteiger partial charge in [-0.05, 0) is 12.1 Å². The summed E-state index contributed by atoms with van der Waals surface area (Å²) in [6.07, 6.45) is 5.19. The number of imidazole rings is 1. The van der Waals surface area contributed by atoms with Gasteiger partial charge >= 0.3 is 5.97 Å². The summed E-state index contributed by atoms with van der Waals surface area (Å²) in [4.78, 5) is 25.1. The standard InChI is InChI=1S/C14H16N4O2/c19-14(20)11-8-18(9-13-16-5-6-17-13)7-10(11)12-3-1-2-4-15-12/h1-6,10-11H,7-9H2,(H,16,17)(H,19,20)/t10-,11-/m1/s1. The number of aromatic amines is 1. The fourth-order valence-corrected chi connectivity index (χ4v) is 2.76. The Morgan fingerprint density at radius 1 is 1.35 bits per heavy atom. The first-order valence-corrected chi connectivity index (χ1v) is 6.58. The third-order valence-corrected chi connectivity index (χ3v) is 3.71. The first-order chi connectivity index (χ1) is 9.74. The normalized spacial score (nSPS) is 23.0. The van der Waals surface area contributed by atoms with E-state index in [0.717, 1.165) is 11.5 Å². The molecule has 6 heteroatoms. The molecule has 1 saturated heterocycles. The summed E-state index contributed by atoms with van der Waals surface area (Å²) in [7, 11) is 0. The molecule has 0 saturated carbocycles. The zero-order chi connectivity index (χ0) is 13.9. The van der Waals surface area contributed by atoms with Crippen LogP contribution in [0.1, 0.15) is 17.4 Å². The van der Waals surface area contributed by atoms with Crippen molar-refractivity contribution in [2.75, 3.05) is 13.1 Å². The maximum Gasteiger partial charge on any atom is 0.308 e. The van der Waals surface area contributed by atoms with E-state index in [4.69, 9.17) is 0 Å². The second-order valence-corrected chi connectivity index (χ2v) is 5.04. The van der Waals surface area contributed by atoms with Crippen molar-refractivity contribution in [1.82, 2.24) is 19.9 Å². The van der Waals surface area contributed by atoms with Crippen LogP contribution < -0.4 is 0 Å². The Labute approximate surface area is 116 Å². The number of carbonyl (C=O) groups is 1. The molecule has 20 heavy (non-hydrogen) atoms. The number of nitrogens with one attached hydrogen (secondary N) is 1. The molecule has 2 aromatic heterocycles. The molecule has 2 atom stereocenters. The van der Waals surface area contributed by atoms with Crippen molar-refractivity contribution in [3.8, 4) is 0 Å². The third-order valence-electron chi connectivity index (χ3n) is 3.71. The van der Waals surface area contributed by atoms with Crippen LogP contribution in [0.25, 0.3) is 0 Å². The predicted octanol–water partition coefficient (Wildman–Crippen LogP) is 1.10. The Morgan fingerprint density at radius 2 is 2.25 bits per heavy atom. The van der Waals surface area contributed by atoms with Crippen LogP contribution in [0.3, 0.4) is 0 Å². The van der Waals surface area contributed by atoms with Crippen molar-refractivity contribution in [2.45, 2.75) is 12.5 Å². The SMILES string of the molecule is O=C(O)[C@@H]1CN(Cc2ncc[nH]2)C[C@H]1c1ccccn1. The van der Waals surface area contributed by atoms with Crippen LogP contribution in [0.4, 0.5) is 0 Å². The van der Waals surface area contributed by atoms with E-state index in [0.29, 0.717) is 19.6 Å². The van der Waals surface area contributed by atoms with Crippen LogP contribution in [0, 0.1) is 5.92 Å². The summed E-state index contributed by atoms with van der Waals surface area (Å²) in [6.45, 7) is 1.85. The quantitative estimate of drug-likeness (QED) is 0.871. The summed E-state index contributed by atoms with van der Waals surface area (Å²) in [6, 6.07) is 5.64. The van der Waals surface area contributed by atoms with Gasteiger partial charge in [-0.15, -0.1) is 0 Å². The lowest BCUT2D eigenvalue weighted by atomic mass is 9.93. The molecular formula is C14H16N4O2. The van der Waals surface area contributed by atoms with E-state index in [9.17, 15) is 9.90 Å². The van der Waals surface area contributed by atoms with Crippen molar-refractivity contribution in [3.05, 3.63) is 48.3 Å². The molecule has 0 spiro atoms. The lowest BCUT2D eigenvalue weighted by Crippen LogP contribution is -2.23. The lowest BCUT2D eigenvalue weighted by Gasteiger charge is -2.14. The van der Waals surface area contributed by atoms with Gasteiger partial charge in [-0.2, -0.15) is 0 Å².